The second kappa shape index (κ2) is 5.57. The molecule has 5 heteroatoms. The molecule has 2 rings (SSSR count). The predicted octanol–water partition coefficient (Wildman–Crippen LogP) is 1.75. The molecule has 0 unspecified atom stereocenters. The highest BCUT2D eigenvalue weighted by Gasteiger charge is 2.34. The van der Waals surface area contributed by atoms with E-state index in [4.69, 9.17) is 4.74 Å². The van der Waals surface area contributed by atoms with Crippen LogP contribution in [0.5, 0.6) is 5.88 Å². The lowest BCUT2D eigenvalue weighted by molar-refractivity contribution is -0.123. The maximum absolute atomic E-state index is 12.2. The molecule has 5 nitrogen and oxygen atoms in total. The lowest BCUT2D eigenvalue weighted by atomic mass is 9.97. The highest BCUT2D eigenvalue weighted by molar-refractivity contribution is 5.93. The molecule has 104 valence electrons. The predicted molar refractivity (Wildman–Crippen MR) is 72.2 cm³/mol. The molecule has 0 bridgehead atoms. The first-order valence-electron chi connectivity index (χ1n) is 6.53. The maximum atomic E-state index is 12.2. The summed E-state index contributed by atoms with van der Waals surface area (Å²) in [7, 11) is 3.25. The number of aliphatic hydroxyl groups is 1. The molecule has 0 aliphatic heterocycles. The number of nitrogens with zero attached hydrogens (tertiary/aromatic N) is 2. The zero-order chi connectivity index (χ0) is 13.9. The normalized spacial score (nSPS) is 17.2. The Hall–Kier alpha value is -1.62. The summed E-state index contributed by atoms with van der Waals surface area (Å²) in [4.78, 5) is 17.8. The molecule has 0 saturated heterocycles. The van der Waals surface area contributed by atoms with Gasteiger partial charge >= 0.3 is 0 Å². The third kappa shape index (κ3) is 3.23. The molecule has 0 atom stereocenters. The third-order valence-corrected chi connectivity index (χ3v) is 3.71. The average Bonchev–Trinajstić information content (AvgIpc) is 2.84. The van der Waals surface area contributed by atoms with E-state index in [1.807, 2.05) is 0 Å². The molecule has 1 aliphatic carbocycles. The number of aromatic nitrogens is 1. The lowest BCUT2D eigenvalue weighted by Gasteiger charge is -2.25. The van der Waals surface area contributed by atoms with Crippen molar-refractivity contribution in [3.8, 4) is 5.88 Å². The zero-order valence-electron chi connectivity index (χ0n) is 11.4. The summed E-state index contributed by atoms with van der Waals surface area (Å²) < 4.78 is 4.98. The van der Waals surface area contributed by atoms with E-state index in [0.29, 0.717) is 24.4 Å². The van der Waals surface area contributed by atoms with Gasteiger partial charge in [-0.3, -0.25) is 4.79 Å². The van der Waals surface area contributed by atoms with Gasteiger partial charge < -0.3 is 14.7 Å². The molecule has 0 aromatic carbocycles. The Morgan fingerprint density at radius 3 is 2.68 bits per heavy atom. The first-order chi connectivity index (χ1) is 9.04. The molecule has 19 heavy (non-hydrogen) atoms. The lowest BCUT2D eigenvalue weighted by Crippen LogP contribution is -2.35. The van der Waals surface area contributed by atoms with Gasteiger partial charge in [0, 0.05) is 13.1 Å². The van der Waals surface area contributed by atoms with E-state index in [2.05, 4.69) is 4.98 Å². The summed E-state index contributed by atoms with van der Waals surface area (Å²) in [6.07, 6.45) is 5.20. The number of hydrogen-bond acceptors (Lipinski definition) is 4. The van der Waals surface area contributed by atoms with Gasteiger partial charge in [-0.05, 0) is 18.9 Å². The molecule has 1 amide bonds. The fourth-order valence-electron chi connectivity index (χ4n) is 2.45. The van der Waals surface area contributed by atoms with E-state index in [9.17, 15) is 9.90 Å². The van der Waals surface area contributed by atoms with Gasteiger partial charge in [-0.1, -0.05) is 12.8 Å². The van der Waals surface area contributed by atoms with Crippen molar-refractivity contribution in [1.29, 1.82) is 0 Å². The number of carbonyl (C=O) groups is 1. The minimum atomic E-state index is -0.814. The molecule has 1 fully saturated rings. The van der Waals surface area contributed by atoms with Crippen LogP contribution < -0.4 is 9.64 Å². The van der Waals surface area contributed by atoms with Crippen molar-refractivity contribution < 1.29 is 14.6 Å². The monoisotopic (exact) mass is 264 g/mol. The highest BCUT2D eigenvalue weighted by atomic mass is 16.5. The Morgan fingerprint density at radius 2 is 2.16 bits per heavy atom. The zero-order valence-corrected chi connectivity index (χ0v) is 11.4. The summed E-state index contributed by atoms with van der Waals surface area (Å²) in [5, 5.41) is 10.3. The van der Waals surface area contributed by atoms with Gasteiger partial charge in [-0.15, -0.1) is 0 Å². The van der Waals surface area contributed by atoms with Crippen LogP contribution in [-0.4, -0.2) is 35.8 Å². The fraction of sp³-hybridized carbons (Fsp3) is 0.571. The van der Waals surface area contributed by atoms with E-state index in [0.717, 1.165) is 12.8 Å². The number of hydrogen-bond donors (Lipinski definition) is 1. The molecule has 1 heterocycles. The molecule has 1 N–H and O–H groups in total. The van der Waals surface area contributed by atoms with Gasteiger partial charge in [0.1, 0.15) is 0 Å². The number of rotatable bonds is 4. The van der Waals surface area contributed by atoms with Gasteiger partial charge in [0.15, 0.2) is 0 Å². The molecular formula is C14H20N2O3. The smallest absolute Gasteiger partial charge is 0.229 e. The van der Waals surface area contributed by atoms with Crippen LogP contribution in [0.2, 0.25) is 0 Å². The quantitative estimate of drug-likeness (QED) is 0.900. The van der Waals surface area contributed by atoms with Crippen LogP contribution in [0.25, 0.3) is 0 Å². The number of pyridine rings is 1. The van der Waals surface area contributed by atoms with Crippen LogP contribution in [0.15, 0.2) is 18.3 Å². The molecule has 1 aromatic heterocycles. The summed E-state index contributed by atoms with van der Waals surface area (Å²) in [5.41, 5.74) is -0.113. The molecule has 1 aromatic rings. The van der Waals surface area contributed by atoms with Gasteiger partial charge in [-0.2, -0.15) is 0 Å². The average molecular weight is 264 g/mol. The standard InChI is InChI=1S/C14H20N2O3/c1-16(11-5-6-12(19-2)15-10-11)13(17)9-14(18)7-3-4-8-14/h5-6,10,18H,3-4,7-9H2,1-2H3. The van der Waals surface area contributed by atoms with Gasteiger partial charge in [0.2, 0.25) is 11.8 Å². The summed E-state index contributed by atoms with van der Waals surface area (Å²) in [5.74, 6) is 0.426. The van der Waals surface area contributed by atoms with E-state index < -0.39 is 5.60 Å². The summed E-state index contributed by atoms with van der Waals surface area (Å²) in [6.45, 7) is 0. The Bertz CT molecular complexity index is 439. The first-order valence-corrected chi connectivity index (χ1v) is 6.53. The van der Waals surface area contributed by atoms with E-state index in [1.54, 1.807) is 32.5 Å². The number of amides is 1. The SMILES string of the molecule is COc1ccc(N(C)C(=O)CC2(O)CCCC2)cn1. The third-order valence-electron chi connectivity index (χ3n) is 3.71. The Balaban J connectivity index is 2.01. The van der Waals surface area contributed by atoms with Crippen LogP contribution in [0.4, 0.5) is 5.69 Å². The minimum Gasteiger partial charge on any atom is -0.481 e. The van der Waals surface area contributed by atoms with E-state index >= 15 is 0 Å². The van der Waals surface area contributed by atoms with E-state index in [-0.39, 0.29) is 12.3 Å². The van der Waals surface area contributed by atoms with Crippen molar-refractivity contribution >= 4 is 11.6 Å². The van der Waals surface area contributed by atoms with E-state index in [1.165, 1.54) is 4.90 Å². The van der Waals surface area contributed by atoms with Gasteiger partial charge in [-0.25, -0.2) is 4.98 Å². The number of methoxy groups -OCH3 is 1. The minimum absolute atomic E-state index is 0.0867. The van der Waals surface area contributed by atoms with Crippen LogP contribution in [0.1, 0.15) is 32.1 Å². The van der Waals surface area contributed by atoms with Gasteiger partial charge in [0.05, 0.1) is 31.0 Å². The second-order valence-electron chi connectivity index (χ2n) is 5.12. The van der Waals surface area contributed by atoms with Crippen LogP contribution in [-0.2, 0) is 4.79 Å². The van der Waals surface area contributed by atoms with Crippen molar-refractivity contribution in [2.24, 2.45) is 0 Å². The molecular weight excluding hydrogens is 244 g/mol. The van der Waals surface area contributed by atoms with Crippen molar-refractivity contribution in [3.05, 3.63) is 18.3 Å². The molecule has 0 radical (unpaired) electrons. The molecule has 1 aliphatic rings. The molecule has 1 saturated carbocycles. The Labute approximate surface area is 113 Å². The van der Waals surface area contributed by atoms with Crippen LogP contribution in [0, 0.1) is 0 Å². The Morgan fingerprint density at radius 1 is 1.47 bits per heavy atom. The van der Waals surface area contributed by atoms with Crippen molar-refractivity contribution in [2.45, 2.75) is 37.7 Å². The van der Waals surface area contributed by atoms with Crippen LogP contribution in [0.3, 0.4) is 0 Å². The van der Waals surface area contributed by atoms with Crippen molar-refractivity contribution in [2.75, 3.05) is 19.1 Å². The maximum Gasteiger partial charge on any atom is 0.229 e. The largest absolute Gasteiger partial charge is 0.481 e. The van der Waals surface area contributed by atoms with Crippen LogP contribution >= 0.6 is 0 Å². The topological polar surface area (TPSA) is 62.7 Å². The van der Waals surface area contributed by atoms with Gasteiger partial charge in [0.25, 0.3) is 0 Å². The Kier molecular flexibility index (Phi) is 4.04. The van der Waals surface area contributed by atoms with Crippen molar-refractivity contribution in [3.63, 3.8) is 0 Å². The number of carbonyl (C=O) groups excluding carboxylic acids is 1. The number of anilines is 1. The highest BCUT2D eigenvalue weighted by Crippen LogP contribution is 2.33. The van der Waals surface area contributed by atoms with Crippen molar-refractivity contribution in [1.82, 2.24) is 4.98 Å². The summed E-state index contributed by atoms with van der Waals surface area (Å²) in [6, 6.07) is 3.49. The second-order valence-corrected chi connectivity index (χ2v) is 5.12. The first kappa shape index (κ1) is 13.8. The molecule has 0 spiro atoms. The fourth-order valence-corrected chi connectivity index (χ4v) is 2.45. The summed E-state index contributed by atoms with van der Waals surface area (Å²) >= 11 is 0. The number of ether oxygens (including phenoxy) is 1.